The summed E-state index contributed by atoms with van der Waals surface area (Å²) in [7, 11) is 0. The van der Waals surface area contributed by atoms with Crippen LogP contribution < -0.4 is 40.9 Å². The molecule has 0 spiro atoms. The monoisotopic (exact) mass is 1550 g/mol. The van der Waals surface area contributed by atoms with E-state index in [4.69, 9.17) is 0 Å². The van der Waals surface area contributed by atoms with Crippen LogP contribution >= 0.6 is 0 Å². The Morgan fingerprint density at radius 2 is 0.408 bits per heavy atom. The number of pyridine rings is 2. The second kappa shape index (κ2) is 37.8. The van der Waals surface area contributed by atoms with E-state index in [0.717, 1.165) is 136 Å². The van der Waals surface area contributed by atoms with Gasteiger partial charge in [0, 0.05) is 142 Å². The third kappa shape index (κ3) is 18.9. The molecular weight excluding hydrogens is 1460 g/mol. The van der Waals surface area contributed by atoms with Crippen molar-refractivity contribution in [3.05, 3.63) is 498 Å². The molecule has 2 heterocycles. The van der Waals surface area contributed by atoms with E-state index >= 15 is 0 Å². The van der Waals surface area contributed by atoms with Crippen molar-refractivity contribution >= 4 is 157 Å². The van der Waals surface area contributed by atoms with E-state index in [-0.39, 0.29) is 0 Å². The molecule has 0 bridgehead atoms. The summed E-state index contributed by atoms with van der Waals surface area (Å²) in [6.45, 7) is 0. The molecule has 0 atom stereocenters. The van der Waals surface area contributed by atoms with Crippen LogP contribution in [0.3, 0.4) is 0 Å². The number of para-hydroxylation sites is 8. The highest BCUT2D eigenvalue weighted by Gasteiger charge is 2.18. The third-order valence-electron chi connectivity index (χ3n) is 20.5. The maximum absolute atomic E-state index is 4.44. The molecule has 20 rings (SSSR count). The first-order valence-electron chi connectivity index (χ1n) is 40.2. The quantitative estimate of drug-likeness (QED) is 0.0592. The number of hydrogen-bond donors (Lipinski definition) is 4. The van der Waals surface area contributed by atoms with E-state index in [0.29, 0.717) is 0 Å². The fourth-order valence-electron chi connectivity index (χ4n) is 14.8. The molecule has 0 aliphatic carbocycles. The lowest BCUT2D eigenvalue weighted by Gasteiger charge is -2.25. The predicted molar refractivity (Wildman–Crippen MR) is 509 cm³/mol. The van der Waals surface area contributed by atoms with E-state index < -0.39 is 0 Å². The smallest absolute Gasteiger partial charge is 0.0722 e. The molecule has 4 N–H and O–H groups in total. The maximum atomic E-state index is 4.44. The van der Waals surface area contributed by atoms with Gasteiger partial charge in [0.05, 0.1) is 11.0 Å². The summed E-state index contributed by atoms with van der Waals surface area (Å²) >= 11 is 0. The van der Waals surface area contributed by atoms with Gasteiger partial charge in [-0.05, 0) is 277 Å². The largest absolute Gasteiger partial charge is 0.356 e. The summed E-state index contributed by atoms with van der Waals surface area (Å²) in [5, 5.41) is 21.3. The zero-order valence-electron chi connectivity index (χ0n) is 66.0. The van der Waals surface area contributed by atoms with Gasteiger partial charge in [-0.15, -0.1) is 0 Å². The number of nitrogens with zero attached hydrogens (tertiary/aromatic N) is 6. The number of anilines is 20. The minimum absolute atomic E-state index is 0.985. The standard InChI is InChI=1S/2C28H22N2.2C27H21N3/c1-3-12-24(13-4-1)30(25-14-5-2-6-15-25)26-20-18-23(19-21-26)29-28-17-9-11-22-10-7-8-16-27(22)28;1-3-11-26(12-4-1)30(27-13-5-2-6-14-27)28-19-17-24(18-20-28)29-25-16-15-22-9-7-8-10-23(22)21-25;1-3-9-22(10-4-1)30(23-11-5-2-6-12-23)24-18-16-21(17-19-24)29-27-15-7-14-26-25(27)13-8-20-28-26;1-3-9-24(10-4-1)30(25-11-5-2-6-12-25)26-16-13-22(14-17-26)29-23-15-18-27-21(20-23)8-7-19-28-27/h2*1-21,29H;2*1-20,29H. The molecule has 0 saturated heterocycles. The zero-order chi connectivity index (χ0) is 80.7. The fourth-order valence-corrected chi connectivity index (χ4v) is 14.8. The van der Waals surface area contributed by atoms with Gasteiger partial charge in [0.2, 0.25) is 0 Å². The van der Waals surface area contributed by atoms with E-state index in [1.807, 2.05) is 91.3 Å². The summed E-state index contributed by atoms with van der Waals surface area (Å²) in [6.07, 6.45) is 3.64. The van der Waals surface area contributed by atoms with Crippen LogP contribution in [0.25, 0.3) is 43.4 Å². The van der Waals surface area contributed by atoms with Gasteiger partial charge in [0.1, 0.15) is 0 Å². The highest BCUT2D eigenvalue weighted by molar-refractivity contribution is 5.97. The average molecular weight is 1550 g/mol. The number of aromatic nitrogens is 2. The zero-order valence-corrected chi connectivity index (χ0v) is 66.0. The minimum Gasteiger partial charge on any atom is -0.356 e. The predicted octanol–water partition coefficient (Wildman–Crippen LogP) is 31.0. The summed E-state index contributed by atoms with van der Waals surface area (Å²) < 4.78 is 0. The average Bonchev–Trinajstić information content (AvgIpc) is 0.812. The Morgan fingerprint density at radius 1 is 0.150 bits per heavy atom. The van der Waals surface area contributed by atoms with Gasteiger partial charge < -0.3 is 40.9 Å². The van der Waals surface area contributed by atoms with Crippen molar-refractivity contribution in [3.63, 3.8) is 0 Å². The molecule has 10 nitrogen and oxygen atoms in total. The van der Waals surface area contributed by atoms with Crippen LogP contribution in [0, 0.1) is 0 Å². The van der Waals surface area contributed by atoms with Crippen LogP contribution in [-0.2, 0) is 0 Å². The van der Waals surface area contributed by atoms with Crippen LogP contribution in [0.15, 0.2) is 498 Å². The lowest BCUT2D eigenvalue weighted by Crippen LogP contribution is -2.09. The summed E-state index contributed by atoms with van der Waals surface area (Å²) in [5.41, 5.74) is 24.0. The van der Waals surface area contributed by atoms with Gasteiger partial charge in [-0.2, -0.15) is 0 Å². The minimum atomic E-state index is 0.985. The van der Waals surface area contributed by atoms with Crippen molar-refractivity contribution in [2.24, 2.45) is 0 Å². The summed E-state index contributed by atoms with van der Waals surface area (Å²) in [6, 6.07) is 168. The molecule has 18 aromatic carbocycles. The molecule has 0 unspecified atom stereocenters. The highest BCUT2D eigenvalue weighted by Crippen LogP contribution is 2.41. The van der Waals surface area contributed by atoms with E-state index in [1.54, 1.807) is 0 Å². The molecule has 0 aliphatic rings. The normalized spacial score (nSPS) is 10.7. The second-order valence-corrected chi connectivity index (χ2v) is 28.6. The van der Waals surface area contributed by atoms with E-state index in [9.17, 15) is 0 Å². The van der Waals surface area contributed by atoms with Crippen molar-refractivity contribution in [2.45, 2.75) is 0 Å². The Bertz CT molecular complexity index is 6030. The molecule has 576 valence electrons. The van der Waals surface area contributed by atoms with E-state index in [2.05, 4.69) is 457 Å². The number of nitrogens with one attached hydrogen (secondary N) is 4. The van der Waals surface area contributed by atoms with Crippen molar-refractivity contribution < 1.29 is 0 Å². The van der Waals surface area contributed by atoms with Crippen molar-refractivity contribution in [1.82, 2.24) is 9.97 Å². The van der Waals surface area contributed by atoms with Crippen LogP contribution in [0.5, 0.6) is 0 Å². The van der Waals surface area contributed by atoms with Crippen LogP contribution in [-0.4, -0.2) is 9.97 Å². The Hall–Kier alpha value is -16.3. The molecule has 0 radical (unpaired) electrons. The number of hydrogen-bond acceptors (Lipinski definition) is 10. The molecule has 10 heteroatoms. The Balaban J connectivity index is 0.000000114. The molecule has 20 aromatic rings. The molecule has 2 aromatic heterocycles. The summed E-state index contributed by atoms with van der Waals surface area (Å²) in [4.78, 5) is 17.9. The van der Waals surface area contributed by atoms with Crippen molar-refractivity contribution in [2.75, 3.05) is 40.9 Å². The number of rotatable bonds is 20. The lowest BCUT2D eigenvalue weighted by atomic mass is 10.1. The highest BCUT2D eigenvalue weighted by atomic mass is 15.2. The van der Waals surface area contributed by atoms with E-state index in [1.165, 1.54) is 21.5 Å². The molecule has 0 fully saturated rings. The molecular formula is C110H86N10. The van der Waals surface area contributed by atoms with Crippen LogP contribution in [0.1, 0.15) is 0 Å². The first-order chi connectivity index (χ1) is 59.5. The van der Waals surface area contributed by atoms with Gasteiger partial charge in [-0.25, -0.2) is 0 Å². The Labute approximate surface area is 701 Å². The van der Waals surface area contributed by atoms with Gasteiger partial charge in [-0.1, -0.05) is 224 Å². The fraction of sp³-hybridized carbons (Fsp3) is 0. The van der Waals surface area contributed by atoms with Crippen molar-refractivity contribution in [1.29, 1.82) is 0 Å². The number of benzene rings is 18. The Kier molecular flexibility index (Phi) is 24.0. The second-order valence-electron chi connectivity index (χ2n) is 28.6. The summed E-state index contributed by atoms with van der Waals surface area (Å²) in [5.74, 6) is 0. The molecule has 0 aliphatic heterocycles. The molecule has 0 amide bonds. The van der Waals surface area contributed by atoms with Crippen LogP contribution in [0.4, 0.5) is 114 Å². The van der Waals surface area contributed by atoms with Gasteiger partial charge in [0.25, 0.3) is 0 Å². The Morgan fingerprint density at radius 3 is 0.800 bits per heavy atom. The molecule has 120 heavy (non-hydrogen) atoms. The topological polar surface area (TPSA) is 86.9 Å². The van der Waals surface area contributed by atoms with Crippen LogP contribution in [0.2, 0.25) is 0 Å². The lowest BCUT2D eigenvalue weighted by molar-refractivity contribution is 1.28. The van der Waals surface area contributed by atoms with Crippen molar-refractivity contribution in [3.8, 4) is 0 Å². The van der Waals surface area contributed by atoms with Gasteiger partial charge in [-0.3, -0.25) is 9.97 Å². The van der Waals surface area contributed by atoms with Gasteiger partial charge >= 0.3 is 0 Å². The first-order valence-corrected chi connectivity index (χ1v) is 40.2. The number of fused-ring (bicyclic) bond motifs is 4. The maximum Gasteiger partial charge on any atom is 0.0722 e. The first kappa shape index (κ1) is 76.3. The van der Waals surface area contributed by atoms with Gasteiger partial charge in [0.15, 0.2) is 0 Å². The third-order valence-corrected chi connectivity index (χ3v) is 20.5. The molecule has 0 saturated carbocycles. The SMILES string of the molecule is c1ccc(N(c2ccccc2)c2ccc(Nc3ccc4ccccc4c3)cc2)cc1.c1ccc(N(c2ccccc2)c2ccc(Nc3ccc4ncccc4c3)cc2)cc1.c1ccc(N(c2ccccc2)c2ccc(Nc3cccc4ccccc34)cc2)cc1.c1ccc(N(c2ccccc2)c2ccc(Nc3cccc4ncccc34)cc2)cc1.